The van der Waals surface area contributed by atoms with Gasteiger partial charge in [-0.15, -0.1) is 0 Å². The maximum Gasteiger partial charge on any atom is 0.228 e. The summed E-state index contributed by atoms with van der Waals surface area (Å²) < 4.78 is 5.45. The molecule has 2 saturated carbocycles. The second kappa shape index (κ2) is 5.27. The lowest BCUT2D eigenvalue weighted by Crippen LogP contribution is -2.51. The van der Waals surface area contributed by atoms with Crippen LogP contribution in [0.15, 0.2) is 18.2 Å². The van der Waals surface area contributed by atoms with Crippen LogP contribution in [0.1, 0.15) is 42.7 Å². The zero-order valence-electron chi connectivity index (χ0n) is 13.2. The third-order valence-electron chi connectivity index (χ3n) is 5.80. The van der Waals surface area contributed by atoms with Crippen LogP contribution >= 0.6 is 0 Å². The Morgan fingerprint density at radius 3 is 2.91 bits per heavy atom. The summed E-state index contributed by atoms with van der Waals surface area (Å²) in [6, 6.07) is 6.40. The van der Waals surface area contributed by atoms with Crippen molar-refractivity contribution in [2.75, 3.05) is 20.2 Å². The predicted molar refractivity (Wildman–Crippen MR) is 84.8 cm³/mol. The normalized spacial score (nSPS) is 29.6. The standard InChI is InChI=1S/C18H24N2O2/c1-22-16-5-4-13(12-2-3-12)8-14(16)9-20-17(21)18-7-6-15(18)10-19-11-18/h4-5,8,12,15,19H,2-3,6-7,9-11H2,1H3,(H,20,21)/t15-,18-/m0/s1. The van der Waals surface area contributed by atoms with Crippen molar-refractivity contribution in [1.82, 2.24) is 10.6 Å². The van der Waals surface area contributed by atoms with Crippen LogP contribution in [0.2, 0.25) is 0 Å². The highest BCUT2D eigenvalue weighted by atomic mass is 16.5. The first-order valence-corrected chi connectivity index (χ1v) is 8.39. The number of carbonyl (C=O) groups is 1. The van der Waals surface area contributed by atoms with E-state index in [1.54, 1.807) is 7.11 Å². The summed E-state index contributed by atoms with van der Waals surface area (Å²) in [5, 5.41) is 6.54. The van der Waals surface area contributed by atoms with Gasteiger partial charge in [-0.25, -0.2) is 0 Å². The molecule has 2 N–H and O–H groups in total. The van der Waals surface area contributed by atoms with Crippen LogP contribution < -0.4 is 15.4 Å². The number of hydrogen-bond donors (Lipinski definition) is 2. The van der Waals surface area contributed by atoms with Gasteiger partial charge in [-0.1, -0.05) is 12.1 Å². The number of rotatable bonds is 5. The molecule has 3 fully saturated rings. The van der Waals surface area contributed by atoms with E-state index in [4.69, 9.17) is 4.74 Å². The van der Waals surface area contributed by atoms with Crippen molar-refractivity contribution in [3.8, 4) is 5.75 Å². The van der Waals surface area contributed by atoms with Gasteiger partial charge in [-0.05, 0) is 55.7 Å². The van der Waals surface area contributed by atoms with Crippen molar-refractivity contribution in [1.29, 1.82) is 0 Å². The molecule has 0 spiro atoms. The Bertz CT molecular complexity index is 597. The van der Waals surface area contributed by atoms with Crippen molar-refractivity contribution >= 4 is 5.91 Å². The maximum atomic E-state index is 12.6. The Kier molecular flexibility index (Phi) is 3.37. The third kappa shape index (κ3) is 2.21. The summed E-state index contributed by atoms with van der Waals surface area (Å²) >= 11 is 0. The van der Waals surface area contributed by atoms with Crippen molar-refractivity contribution in [3.63, 3.8) is 0 Å². The molecule has 0 radical (unpaired) electrons. The fraction of sp³-hybridized carbons (Fsp3) is 0.611. The number of amides is 1. The predicted octanol–water partition coefficient (Wildman–Crippen LogP) is 2.19. The van der Waals surface area contributed by atoms with E-state index in [1.165, 1.54) is 24.8 Å². The molecule has 4 nitrogen and oxygen atoms in total. The third-order valence-corrected chi connectivity index (χ3v) is 5.80. The van der Waals surface area contributed by atoms with Crippen LogP contribution in [0.4, 0.5) is 0 Å². The van der Waals surface area contributed by atoms with Crippen LogP contribution in [0, 0.1) is 11.3 Å². The summed E-state index contributed by atoms with van der Waals surface area (Å²) in [6.45, 7) is 2.40. The summed E-state index contributed by atoms with van der Waals surface area (Å²) in [5.41, 5.74) is 2.34. The zero-order chi connectivity index (χ0) is 15.2. The van der Waals surface area contributed by atoms with E-state index >= 15 is 0 Å². The second-order valence-electron chi connectivity index (χ2n) is 7.05. The molecule has 4 rings (SSSR count). The van der Waals surface area contributed by atoms with Gasteiger partial charge in [-0.2, -0.15) is 0 Å². The number of benzene rings is 1. The highest BCUT2D eigenvalue weighted by Gasteiger charge is 2.55. The van der Waals surface area contributed by atoms with Crippen LogP contribution in [0.3, 0.4) is 0 Å². The Morgan fingerprint density at radius 1 is 1.41 bits per heavy atom. The monoisotopic (exact) mass is 300 g/mol. The lowest BCUT2D eigenvalue weighted by molar-refractivity contribution is -0.138. The Hall–Kier alpha value is -1.55. The molecule has 1 aliphatic heterocycles. The average molecular weight is 300 g/mol. The number of ether oxygens (including phenoxy) is 1. The highest BCUT2D eigenvalue weighted by molar-refractivity contribution is 5.84. The number of fused-ring (bicyclic) bond motifs is 1. The Labute approximate surface area is 131 Å². The Balaban J connectivity index is 1.46. The molecule has 1 heterocycles. The molecule has 22 heavy (non-hydrogen) atoms. The summed E-state index contributed by atoms with van der Waals surface area (Å²) in [4.78, 5) is 12.6. The van der Waals surface area contributed by atoms with E-state index in [1.807, 2.05) is 6.07 Å². The first kappa shape index (κ1) is 14.1. The minimum atomic E-state index is -0.138. The minimum absolute atomic E-state index is 0.138. The van der Waals surface area contributed by atoms with Crippen LogP contribution in [-0.2, 0) is 11.3 Å². The number of nitrogens with one attached hydrogen (secondary N) is 2. The summed E-state index contributed by atoms with van der Waals surface area (Å²) in [6.07, 6.45) is 4.78. The number of methoxy groups -OCH3 is 1. The van der Waals surface area contributed by atoms with Crippen LogP contribution in [0.5, 0.6) is 5.75 Å². The molecule has 2 atom stereocenters. The molecule has 1 aromatic rings. The van der Waals surface area contributed by atoms with E-state index in [-0.39, 0.29) is 11.3 Å². The summed E-state index contributed by atoms with van der Waals surface area (Å²) in [7, 11) is 1.69. The largest absolute Gasteiger partial charge is 0.496 e. The number of carbonyl (C=O) groups excluding carboxylic acids is 1. The lowest BCUT2D eigenvalue weighted by atomic mass is 9.61. The van der Waals surface area contributed by atoms with E-state index in [0.717, 1.165) is 30.8 Å². The van der Waals surface area contributed by atoms with E-state index in [0.29, 0.717) is 18.4 Å². The number of hydrogen-bond acceptors (Lipinski definition) is 3. The van der Waals surface area contributed by atoms with E-state index in [2.05, 4.69) is 22.8 Å². The molecule has 0 bridgehead atoms. The Morgan fingerprint density at radius 2 is 2.27 bits per heavy atom. The molecule has 118 valence electrons. The van der Waals surface area contributed by atoms with Gasteiger partial charge in [0.05, 0.1) is 12.5 Å². The van der Waals surface area contributed by atoms with Crippen molar-refractivity contribution in [2.24, 2.45) is 11.3 Å². The van der Waals surface area contributed by atoms with Crippen molar-refractivity contribution < 1.29 is 9.53 Å². The topological polar surface area (TPSA) is 50.4 Å². The minimum Gasteiger partial charge on any atom is -0.496 e. The van der Waals surface area contributed by atoms with Gasteiger partial charge < -0.3 is 15.4 Å². The van der Waals surface area contributed by atoms with E-state index in [9.17, 15) is 4.79 Å². The SMILES string of the molecule is COc1ccc(C2CC2)cc1CNC(=O)[C@]12CC[C@H]1CNC2. The van der Waals surface area contributed by atoms with E-state index < -0.39 is 0 Å². The quantitative estimate of drug-likeness (QED) is 0.876. The van der Waals surface area contributed by atoms with Crippen molar-refractivity contribution in [3.05, 3.63) is 29.3 Å². The zero-order valence-corrected chi connectivity index (χ0v) is 13.2. The molecule has 1 amide bonds. The second-order valence-corrected chi connectivity index (χ2v) is 7.05. The first-order valence-electron chi connectivity index (χ1n) is 8.39. The lowest BCUT2D eigenvalue weighted by Gasteiger charge is -2.42. The fourth-order valence-electron chi connectivity index (χ4n) is 4.03. The molecule has 0 unspecified atom stereocenters. The van der Waals surface area contributed by atoms with Crippen LogP contribution in [0.25, 0.3) is 0 Å². The average Bonchev–Trinajstić information content (AvgIpc) is 3.32. The van der Waals surface area contributed by atoms with Gasteiger partial charge in [0.1, 0.15) is 5.75 Å². The molecule has 4 heteroatoms. The van der Waals surface area contributed by atoms with Crippen molar-refractivity contribution in [2.45, 2.75) is 38.1 Å². The van der Waals surface area contributed by atoms with Crippen LogP contribution in [-0.4, -0.2) is 26.1 Å². The molecular weight excluding hydrogens is 276 g/mol. The first-order chi connectivity index (χ1) is 10.7. The molecule has 2 aliphatic carbocycles. The van der Waals surface area contributed by atoms with Gasteiger partial charge in [0.2, 0.25) is 5.91 Å². The fourth-order valence-corrected chi connectivity index (χ4v) is 4.03. The highest BCUT2D eigenvalue weighted by Crippen LogP contribution is 2.49. The molecular formula is C18H24N2O2. The molecule has 3 aliphatic rings. The van der Waals surface area contributed by atoms with Gasteiger partial charge >= 0.3 is 0 Å². The van der Waals surface area contributed by atoms with Gasteiger partial charge in [-0.3, -0.25) is 4.79 Å². The van der Waals surface area contributed by atoms with Gasteiger partial charge in [0.25, 0.3) is 0 Å². The molecule has 1 saturated heterocycles. The summed E-state index contributed by atoms with van der Waals surface area (Å²) in [5.74, 6) is 2.34. The molecule has 0 aromatic heterocycles. The van der Waals surface area contributed by atoms with Gasteiger partial charge in [0.15, 0.2) is 0 Å². The smallest absolute Gasteiger partial charge is 0.228 e. The van der Waals surface area contributed by atoms with Gasteiger partial charge in [0, 0.05) is 18.7 Å². The maximum absolute atomic E-state index is 12.6. The molecule has 1 aromatic carbocycles.